The van der Waals surface area contributed by atoms with Crippen LogP contribution in [0.15, 0.2) is 60.7 Å². The van der Waals surface area contributed by atoms with Crippen LogP contribution >= 0.6 is 34.8 Å². The lowest BCUT2D eigenvalue weighted by Gasteiger charge is -2.11. The minimum atomic E-state index is -0.234. The SMILES string of the molecule is Cc1ccc(Cl)c(OCc2cccc(C(=O)Nc3c(C)nn(Cc4c(Cl)cccc4Cl)c3C)c2)c1. The van der Waals surface area contributed by atoms with E-state index in [0.717, 1.165) is 22.4 Å². The number of hydrogen-bond acceptors (Lipinski definition) is 3. The van der Waals surface area contributed by atoms with Crippen LogP contribution in [0.2, 0.25) is 15.1 Å². The maximum atomic E-state index is 13.1. The summed E-state index contributed by atoms with van der Waals surface area (Å²) in [6.45, 7) is 6.41. The number of aryl methyl sites for hydroxylation is 2. The number of amides is 1. The quantitative estimate of drug-likeness (QED) is 0.268. The number of carbonyl (C=O) groups is 1. The molecule has 5 nitrogen and oxygen atoms in total. The average molecular weight is 529 g/mol. The molecule has 0 aliphatic rings. The molecule has 0 saturated carbocycles. The van der Waals surface area contributed by atoms with Gasteiger partial charge in [0.05, 0.1) is 28.6 Å². The predicted molar refractivity (Wildman–Crippen MR) is 142 cm³/mol. The molecule has 8 heteroatoms. The molecule has 35 heavy (non-hydrogen) atoms. The number of nitrogens with zero attached hydrogens (tertiary/aromatic N) is 2. The van der Waals surface area contributed by atoms with E-state index in [1.54, 1.807) is 41.1 Å². The van der Waals surface area contributed by atoms with Gasteiger partial charge in [-0.3, -0.25) is 9.48 Å². The van der Waals surface area contributed by atoms with Gasteiger partial charge in [-0.2, -0.15) is 5.10 Å². The third-order valence-electron chi connectivity index (χ3n) is 5.66. The van der Waals surface area contributed by atoms with E-state index in [-0.39, 0.29) is 5.91 Å². The number of aromatic nitrogens is 2. The van der Waals surface area contributed by atoms with Crippen molar-refractivity contribution in [1.29, 1.82) is 0 Å². The van der Waals surface area contributed by atoms with Gasteiger partial charge in [-0.05, 0) is 68.3 Å². The number of nitrogens with one attached hydrogen (secondary N) is 1. The summed E-state index contributed by atoms with van der Waals surface area (Å²) in [6, 6.07) is 18.3. The van der Waals surface area contributed by atoms with Gasteiger partial charge in [0.15, 0.2) is 0 Å². The maximum absolute atomic E-state index is 13.1. The summed E-state index contributed by atoms with van der Waals surface area (Å²) >= 11 is 18.9. The van der Waals surface area contributed by atoms with Crippen molar-refractivity contribution in [3.8, 4) is 5.75 Å². The summed E-state index contributed by atoms with van der Waals surface area (Å²) in [5.74, 6) is 0.376. The van der Waals surface area contributed by atoms with Crippen LogP contribution in [0.25, 0.3) is 0 Å². The molecule has 1 aromatic heterocycles. The lowest BCUT2D eigenvalue weighted by molar-refractivity contribution is 0.102. The lowest BCUT2D eigenvalue weighted by atomic mass is 10.1. The van der Waals surface area contributed by atoms with Gasteiger partial charge in [0.25, 0.3) is 5.91 Å². The van der Waals surface area contributed by atoms with Crippen LogP contribution in [0.3, 0.4) is 0 Å². The number of benzene rings is 3. The summed E-state index contributed by atoms with van der Waals surface area (Å²) in [7, 11) is 0. The first-order valence-electron chi connectivity index (χ1n) is 11.0. The summed E-state index contributed by atoms with van der Waals surface area (Å²) in [6.07, 6.45) is 0. The Labute approximate surface area is 219 Å². The predicted octanol–water partition coefficient (Wildman–Crippen LogP) is 7.65. The third kappa shape index (κ3) is 5.81. The molecule has 0 spiro atoms. The second-order valence-electron chi connectivity index (χ2n) is 8.28. The van der Waals surface area contributed by atoms with Gasteiger partial charge in [-0.1, -0.05) is 59.1 Å². The molecule has 0 atom stereocenters. The highest BCUT2D eigenvalue weighted by molar-refractivity contribution is 6.36. The molecule has 4 rings (SSSR count). The van der Waals surface area contributed by atoms with Crippen LogP contribution in [0, 0.1) is 20.8 Å². The Bertz CT molecular complexity index is 1380. The lowest BCUT2D eigenvalue weighted by Crippen LogP contribution is -2.14. The summed E-state index contributed by atoms with van der Waals surface area (Å²) in [5.41, 5.74) is 5.37. The number of ether oxygens (including phenoxy) is 1. The Morgan fingerprint density at radius 2 is 1.66 bits per heavy atom. The van der Waals surface area contributed by atoms with Gasteiger partial charge in [-0.25, -0.2) is 0 Å². The molecule has 0 saturated heterocycles. The minimum absolute atomic E-state index is 0.234. The van der Waals surface area contributed by atoms with E-state index in [9.17, 15) is 4.79 Å². The first kappa shape index (κ1) is 25.1. The van der Waals surface area contributed by atoms with Crippen molar-refractivity contribution < 1.29 is 9.53 Å². The highest BCUT2D eigenvalue weighted by Gasteiger charge is 2.17. The third-order valence-corrected chi connectivity index (χ3v) is 6.68. The molecule has 1 N–H and O–H groups in total. The fraction of sp³-hybridized carbons (Fsp3) is 0.185. The van der Waals surface area contributed by atoms with E-state index in [0.29, 0.717) is 50.9 Å². The Hall–Kier alpha value is -2.99. The van der Waals surface area contributed by atoms with Crippen molar-refractivity contribution in [2.75, 3.05) is 5.32 Å². The second kappa shape index (κ2) is 10.7. The van der Waals surface area contributed by atoms with E-state index < -0.39 is 0 Å². The van der Waals surface area contributed by atoms with Gasteiger partial charge in [0.1, 0.15) is 12.4 Å². The van der Waals surface area contributed by atoms with Gasteiger partial charge < -0.3 is 10.1 Å². The Kier molecular flexibility index (Phi) is 7.70. The normalized spacial score (nSPS) is 10.9. The molecular formula is C27H24Cl3N3O2. The summed E-state index contributed by atoms with van der Waals surface area (Å²) < 4.78 is 7.66. The number of halogens is 3. The van der Waals surface area contributed by atoms with Crippen molar-refractivity contribution in [1.82, 2.24) is 9.78 Å². The molecular weight excluding hydrogens is 505 g/mol. The number of anilines is 1. The molecule has 0 unspecified atom stereocenters. The Balaban J connectivity index is 1.49. The maximum Gasteiger partial charge on any atom is 0.255 e. The van der Waals surface area contributed by atoms with E-state index in [1.165, 1.54) is 0 Å². The van der Waals surface area contributed by atoms with Gasteiger partial charge in [0, 0.05) is 21.2 Å². The van der Waals surface area contributed by atoms with Crippen molar-refractivity contribution in [2.45, 2.75) is 33.9 Å². The molecule has 1 amide bonds. The number of carbonyl (C=O) groups excluding carboxylic acids is 1. The highest BCUT2D eigenvalue weighted by Crippen LogP contribution is 2.28. The van der Waals surface area contributed by atoms with Crippen molar-refractivity contribution >= 4 is 46.4 Å². The van der Waals surface area contributed by atoms with E-state index in [1.807, 2.05) is 45.0 Å². The molecule has 3 aromatic carbocycles. The molecule has 0 fully saturated rings. The molecule has 4 aromatic rings. The minimum Gasteiger partial charge on any atom is -0.487 e. The zero-order valence-electron chi connectivity index (χ0n) is 19.5. The van der Waals surface area contributed by atoms with E-state index in [4.69, 9.17) is 39.5 Å². The zero-order valence-corrected chi connectivity index (χ0v) is 21.8. The number of rotatable bonds is 7. The van der Waals surface area contributed by atoms with Crippen LogP contribution in [-0.2, 0) is 13.2 Å². The van der Waals surface area contributed by atoms with Crippen molar-refractivity contribution in [2.24, 2.45) is 0 Å². The van der Waals surface area contributed by atoms with Gasteiger partial charge >= 0.3 is 0 Å². The van der Waals surface area contributed by atoms with Crippen LogP contribution < -0.4 is 10.1 Å². The van der Waals surface area contributed by atoms with Gasteiger partial charge in [0.2, 0.25) is 0 Å². The first-order valence-corrected chi connectivity index (χ1v) is 12.1. The average Bonchev–Trinajstić information content (AvgIpc) is 3.09. The fourth-order valence-corrected chi connectivity index (χ4v) is 4.42. The summed E-state index contributed by atoms with van der Waals surface area (Å²) in [5, 5.41) is 9.27. The van der Waals surface area contributed by atoms with Crippen LogP contribution in [0.5, 0.6) is 5.75 Å². The zero-order chi connectivity index (χ0) is 25.1. The standard InChI is InChI=1S/C27H24Cl3N3O2/c1-16-10-11-24(30)25(12-16)35-15-19-6-4-7-20(13-19)27(34)31-26-17(2)32-33(18(26)3)14-21-22(28)8-5-9-23(21)29/h4-13H,14-15H2,1-3H3,(H,31,34). The van der Waals surface area contributed by atoms with Crippen LogP contribution in [0.1, 0.15) is 38.4 Å². The topological polar surface area (TPSA) is 56.1 Å². The Morgan fingerprint density at radius 3 is 2.40 bits per heavy atom. The van der Waals surface area contributed by atoms with E-state index >= 15 is 0 Å². The van der Waals surface area contributed by atoms with Crippen molar-refractivity contribution in [3.05, 3.63) is 109 Å². The largest absolute Gasteiger partial charge is 0.487 e. The Morgan fingerprint density at radius 1 is 0.943 bits per heavy atom. The number of hydrogen-bond donors (Lipinski definition) is 1. The van der Waals surface area contributed by atoms with Gasteiger partial charge in [-0.15, -0.1) is 0 Å². The van der Waals surface area contributed by atoms with Crippen LogP contribution in [0.4, 0.5) is 5.69 Å². The monoisotopic (exact) mass is 527 g/mol. The second-order valence-corrected chi connectivity index (χ2v) is 9.50. The molecule has 0 radical (unpaired) electrons. The summed E-state index contributed by atoms with van der Waals surface area (Å²) in [4.78, 5) is 13.1. The fourth-order valence-electron chi connectivity index (χ4n) is 3.74. The smallest absolute Gasteiger partial charge is 0.255 e. The van der Waals surface area contributed by atoms with E-state index in [2.05, 4.69) is 10.4 Å². The van der Waals surface area contributed by atoms with Crippen LogP contribution in [-0.4, -0.2) is 15.7 Å². The molecule has 0 aliphatic carbocycles. The molecule has 180 valence electrons. The van der Waals surface area contributed by atoms with Crippen molar-refractivity contribution in [3.63, 3.8) is 0 Å². The molecule has 0 bridgehead atoms. The molecule has 1 heterocycles. The molecule has 0 aliphatic heterocycles. The first-order chi connectivity index (χ1) is 16.7. The highest BCUT2D eigenvalue weighted by atomic mass is 35.5.